The molecule has 1 aliphatic rings. The lowest BCUT2D eigenvalue weighted by Gasteiger charge is -2.19. The molecule has 0 radical (unpaired) electrons. The van der Waals surface area contributed by atoms with Gasteiger partial charge in [0.05, 0.1) is 0 Å². The van der Waals surface area contributed by atoms with E-state index in [0.717, 1.165) is 49.6 Å². The van der Waals surface area contributed by atoms with Crippen LogP contribution in [0.1, 0.15) is 12.8 Å². The molecule has 136 valence electrons. The Morgan fingerprint density at radius 1 is 1.42 bits per heavy atom. The van der Waals surface area contributed by atoms with Gasteiger partial charge < -0.3 is 20.3 Å². The van der Waals surface area contributed by atoms with E-state index >= 15 is 0 Å². The van der Waals surface area contributed by atoms with Gasteiger partial charge in [-0.2, -0.15) is 0 Å². The van der Waals surface area contributed by atoms with Gasteiger partial charge in [-0.1, -0.05) is 22.0 Å². The maximum atomic E-state index is 5.05. The number of nitrogens with zero attached hydrogens (tertiary/aromatic N) is 2. The molecule has 1 heterocycles. The highest BCUT2D eigenvalue weighted by Crippen LogP contribution is 2.25. The molecule has 0 spiro atoms. The number of guanidine groups is 1. The van der Waals surface area contributed by atoms with Gasteiger partial charge in [-0.3, -0.25) is 4.99 Å². The Morgan fingerprint density at radius 2 is 2.25 bits per heavy atom. The average molecular weight is 511 g/mol. The highest BCUT2D eigenvalue weighted by molar-refractivity contribution is 14.0. The van der Waals surface area contributed by atoms with Crippen LogP contribution in [0.4, 0.5) is 5.69 Å². The topological polar surface area (TPSA) is 48.9 Å². The lowest BCUT2D eigenvalue weighted by atomic mass is 10.1. The summed E-state index contributed by atoms with van der Waals surface area (Å²) in [6.45, 7) is 4.80. The summed E-state index contributed by atoms with van der Waals surface area (Å²) >= 11 is 3.55. The molecule has 2 rings (SSSR count). The van der Waals surface area contributed by atoms with Crippen molar-refractivity contribution in [2.75, 3.05) is 51.8 Å². The van der Waals surface area contributed by atoms with Gasteiger partial charge in [0.25, 0.3) is 0 Å². The highest BCUT2D eigenvalue weighted by Gasteiger charge is 2.22. The molecule has 0 bridgehead atoms. The summed E-state index contributed by atoms with van der Waals surface area (Å²) in [5.74, 6) is 1.52. The van der Waals surface area contributed by atoms with E-state index in [1.807, 2.05) is 7.05 Å². The first kappa shape index (κ1) is 21.5. The molecule has 1 aliphatic heterocycles. The maximum Gasteiger partial charge on any atom is 0.190 e. The summed E-state index contributed by atoms with van der Waals surface area (Å²) < 4.78 is 6.19. The standard InChI is InChI=1S/C17H27BrN4O.HI/c1-19-17(20-8-4-10-23-2)21-12-14-7-9-22(13-14)16-6-3-5-15(18)11-16;/h3,5-6,11,14H,4,7-10,12-13H2,1-2H3,(H2,19,20,21);1H. The molecule has 0 aliphatic carbocycles. The lowest BCUT2D eigenvalue weighted by molar-refractivity contribution is 0.195. The van der Waals surface area contributed by atoms with Crippen LogP contribution in [0.2, 0.25) is 0 Å². The van der Waals surface area contributed by atoms with Crippen LogP contribution in [0.5, 0.6) is 0 Å². The van der Waals surface area contributed by atoms with Gasteiger partial charge in [-0.15, -0.1) is 24.0 Å². The Hall–Kier alpha value is -0.540. The molecular formula is C17H28BrIN4O. The quantitative estimate of drug-likeness (QED) is 0.256. The Morgan fingerprint density at radius 3 is 2.96 bits per heavy atom. The van der Waals surface area contributed by atoms with E-state index in [2.05, 4.69) is 60.7 Å². The van der Waals surface area contributed by atoms with Crippen molar-refractivity contribution in [2.24, 2.45) is 10.9 Å². The van der Waals surface area contributed by atoms with Crippen molar-refractivity contribution in [3.63, 3.8) is 0 Å². The van der Waals surface area contributed by atoms with E-state index < -0.39 is 0 Å². The SMILES string of the molecule is CN=C(NCCCOC)NCC1CCN(c2cccc(Br)c2)C1.I. The fourth-order valence-electron chi connectivity index (χ4n) is 2.79. The fraction of sp³-hybridized carbons (Fsp3) is 0.588. The second-order valence-corrected chi connectivity index (χ2v) is 6.72. The molecule has 1 fully saturated rings. The molecule has 0 amide bonds. The van der Waals surface area contributed by atoms with Crippen molar-refractivity contribution in [1.29, 1.82) is 0 Å². The van der Waals surface area contributed by atoms with E-state index in [1.54, 1.807) is 7.11 Å². The molecule has 1 saturated heterocycles. The molecule has 1 aromatic rings. The maximum absolute atomic E-state index is 5.05. The number of hydrogen-bond donors (Lipinski definition) is 2. The molecular weight excluding hydrogens is 483 g/mol. The van der Waals surface area contributed by atoms with Gasteiger partial charge in [0.15, 0.2) is 5.96 Å². The van der Waals surface area contributed by atoms with Crippen LogP contribution < -0.4 is 15.5 Å². The Kier molecular flexibility index (Phi) is 10.7. The van der Waals surface area contributed by atoms with Gasteiger partial charge in [0, 0.05) is 57.1 Å². The molecule has 0 aromatic heterocycles. The highest BCUT2D eigenvalue weighted by atomic mass is 127. The minimum Gasteiger partial charge on any atom is -0.385 e. The summed E-state index contributed by atoms with van der Waals surface area (Å²) in [5.41, 5.74) is 1.30. The van der Waals surface area contributed by atoms with Crippen molar-refractivity contribution < 1.29 is 4.74 Å². The van der Waals surface area contributed by atoms with E-state index in [-0.39, 0.29) is 24.0 Å². The normalized spacial score (nSPS) is 17.5. The fourth-order valence-corrected chi connectivity index (χ4v) is 3.18. The second-order valence-electron chi connectivity index (χ2n) is 5.81. The van der Waals surface area contributed by atoms with Crippen molar-refractivity contribution >= 4 is 51.6 Å². The predicted octanol–water partition coefficient (Wildman–Crippen LogP) is 3.09. The number of rotatable bonds is 7. The number of aliphatic imine (C=N–C) groups is 1. The third-order valence-electron chi connectivity index (χ3n) is 4.06. The molecule has 1 unspecified atom stereocenters. The lowest BCUT2D eigenvalue weighted by Crippen LogP contribution is -2.40. The van der Waals surface area contributed by atoms with Crippen LogP contribution in [-0.2, 0) is 4.74 Å². The Balaban J connectivity index is 0.00000288. The molecule has 1 aromatic carbocycles. The zero-order chi connectivity index (χ0) is 16.5. The van der Waals surface area contributed by atoms with Gasteiger partial charge >= 0.3 is 0 Å². The predicted molar refractivity (Wildman–Crippen MR) is 116 cm³/mol. The molecule has 5 nitrogen and oxygen atoms in total. The summed E-state index contributed by atoms with van der Waals surface area (Å²) in [7, 11) is 3.54. The first-order valence-electron chi connectivity index (χ1n) is 8.17. The summed E-state index contributed by atoms with van der Waals surface area (Å²) in [5, 5.41) is 6.75. The van der Waals surface area contributed by atoms with E-state index in [1.165, 1.54) is 12.1 Å². The van der Waals surface area contributed by atoms with Gasteiger partial charge in [-0.05, 0) is 37.0 Å². The number of methoxy groups -OCH3 is 1. The van der Waals surface area contributed by atoms with Crippen molar-refractivity contribution in [1.82, 2.24) is 10.6 Å². The molecule has 7 heteroatoms. The Labute approximate surface area is 170 Å². The van der Waals surface area contributed by atoms with E-state index in [0.29, 0.717) is 5.92 Å². The third kappa shape index (κ3) is 7.14. The average Bonchev–Trinajstić information content (AvgIpc) is 3.03. The van der Waals surface area contributed by atoms with E-state index in [4.69, 9.17) is 4.74 Å². The minimum atomic E-state index is 0. The monoisotopic (exact) mass is 510 g/mol. The first-order valence-corrected chi connectivity index (χ1v) is 8.96. The minimum absolute atomic E-state index is 0. The molecule has 24 heavy (non-hydrogen) atoms. The van der Waals surface area contributed by atoms with Crippen LogP contribution >= 0.6 is 39.9 Å². The van der Waals surface area contributed by atoms with Gasteiger partial charge in [-0.25, -0.2) is 0 Å². The second kappa shape index (κ2) is 11.9. The summed E-state index contributed by atoms with van der Waals surface area (Å²) in [6, 6.07) is 8.53. The first-order chi connectivity index (χ1) is 11.2. The largest absolute Gasteiger partial charge is 0.385 e. The number of halogens is 2. The van der Waals surface area contributed by atoms with Gasteiger partial charge in [0.2, 0.25) is 0 Å². The van der Waals surface area contributed by atoms with E-state index in [9.17, 15) is 0 Å². The number of nitrogens with one attached hydrogen (secondary N) is 2. The van der Waals surface area contributed by atoms with Crippen LogP contribution in [0, 0.1) is 5.92 Å². The summed E-state index contributed by atoms with van der Waals surface area (Å²) in [6.07, 6.45) is 2.19. The number of ether oxygens (including phenoxy) is 1. The zero-order valence-electron chi connectivity index (χ0n) is 14.4. The number of benzene rings is 1. The smallest absolute Gasteiger partial charge is 0.190 e. The molecule has 1 atom stereocenters. The summed E-state index contributed by atoms with van der Waals surface area (Å²) in [4.78, 5) is 6.72. The third-order valence-corrected chi connectivity index (χ3v) is 4.55. The van der Waals surface area contributed by atoms with Gasteiger partial charge in [0.1, 0.15) is 0 Å². The zero-order valence-corrected chi connectivity index (χ0v) is 18.3. The molecule has 2 N–H and O–H groups in total. The van der Waals surface area contributed by atoms with Crippen LogP contribution in [0.3, 0.4) is 0 Å². The van der Waals surface area contributed by atoms with Crippen LogP contribution in [-0.4, -0.2) is 52.9 Å². The Bertz CT molecular complexity index is 515. The van der Waals surface area contributed by atoms with Crippen LogP contribution in [0.25, 0.3) is 0 Å². The number of anilines is 1. The number of hydrogen-bond acceptors (Lipinski definition) is 3. The van der Waals surface area contributed by atoms with Crippen molar-refractivity contribution in [2.45, 2.75) is 12.8 Å². The van der Waals surface area contributed by atoms with Crippen molar-refractivity contribution in [3.05, 3.63) is 28.7 Å². The molecule has 0 saturated carbocycles. The van der Waals surface area contributed by atoms with Crippen LogP contribution in [0.15, 0.2) is 33.7 Å². The van der Waals surface area contributed by atoms with Crippen molar-refractivity contribution in [3.8, 4) is 0 Å².